The number of fused-ring (bicyclic) bond motifs is 4. The number of anilines is 2. The second kappa shape index (κ2) is 11.7. The van der Waals surface area contributed by atoms with E-state index in [9.17, 15) is 33.9 Å². The number of halogens is 1. The molecule has 2 aliphatic heterocycles. The van der Waals surface area contributed by atoms with E-state index in [1.54, 1.807) is 60.7 Å². The molecule has 2 aliphatic carbocycles. The molecule has 3 aromatic carbocycles. The molecule has 3 fully saturated rings. The Hall–Kier alpha value is -4.90. The molecular formula is C37H31BrN2O8. The lowest BCUT2D eigenvalue weighted by Crippen LogP contribution is -2.43. The Kier molecular flexibility index (Phi) is 7.70. The molecule has 2 heterocycles. The number of allylic oxidation sites excluding steroid dienone is 2. The fraction of sp³-hybridized carbons (Fsp3) is 0.297. The number of amides is 4. The molecule has 1 N–H and O–H groups in total. The first-order valence-corrected chi connectivity index (χ1v) is 16.5. The first-order valence-electron chi connectivity index (χ1n) is 15.7. The number of hydrogen-bond acceptors (Lipinski definition) is 8. The third-order valence-electron chi connectivity index (χ3n) is 10.3. The van der Waals surface area contributed by atoms with Gasteiger partial charge in [-0.1, -0.05) is 27.6 Å². The van der Waals surface area contributed by atoms with Crippen molar-refractivity contribution in [3.05, 3.63) is 93.5 Å². The normalized spacial score (nSPS) is 26.2. The zero-order chi connectivity index (χ0) is 34.2. The van der Waals surface area contributed by atoms with Crippen molar-refractivity contribution in [1.82, 2.24) is 0 Å². The molecule has 11 heteroatoms. The summed E-state index contributed by atoms with van der Waals surface area (Å²) in [7, 11) is 1.42. The molecule has 0 aromatic heterocycles. The molecule has 4 aliphatic rings. The fourth-order valence-electron chi connectivity index (χ4n) is 8.12. The van der Waals surface area contributed by atoms with Gasteiger partial charge in [-0.2, -0.15) is 0 Å². The number of carbonyl (C=O) groups excluding carboxylic acids is 6. The van der Waals surface area contributed by atoms with Gasteiger partial charge in [-0.25, -0.2) is 0 Å². The van der Waals surface area contributed by atoms with Gasteiger partial charge in [0.2, 0.25) is 23.6 Å². The van der Waals surface area contributed by atoms with Crippen LogP contribution in [0.4, 0.5) is 11.4 Å². The van der Waals surface area contributed by atoms with Gasteiger partial charge in [0.05, 0.1) is 42.2 Å². The fourth-order valence-corrected chi connectivity index (χ4v) is 8.58. The van der Waals surface area contributed by atoms with E-state index in [-0.39, 0.29) is 41.8 Å². The summed E-state index contributed by atoms with van der Waals surface area (Å²) in [6, 6.07) is 15.9. The minimum absolute atomic E-state index is 0.141. The summed E-state index contributed by atoms with van der Waals surface area (Å²) in [5.41, 5.74) is 2.66. The van der Waals surface area contributed by atoms with E-state index in [4.69, 9.17) is 4.74 Å². The molecule has 3 aromatic rings. The maximum atomic E-state index is 14.4. The summed E-state index contributed by atoms with van der Waals surface area (Å²) in [4.78, 5) is 82.7. The molecule has 7 rings (SSSR count). The van der Waals surface area contributed by atoms with Gasteiger partial charge in [-0.15, -0.1) is 0 Å². The highest BCUT2D eigenvalue weighted by Crippen LogP contribution is 2.60. The highest BCUT2D eigenvalue weighted by molar-refractivity contribution is 9.10. The third-order valence-corrected chi connectivity index (χ3v) is 10.8. The lowest BCUT2D eigenvalue weighted by molar-refractivity contribution is -0.126. The minimum Gasteiger partial charge on any atom is -0.504 e. The Labute approximate surface area is 284 Å². The lowest BCUT2D eigenvalue weighted by Gasteiger charge is -2.44. The molecule has 10 nitrogen and oxygen atoms in total. The van der Waals surface area contributed by atoms with Gasteiger partial charge in [-0.05, 0) is 93.3 Å². The molecule has 0 bridgehead atoms. The number of Topliss-reactive ketones (excluding diaryl/α,β-unsaturated/α-hetero) is 2. The van der Waals surface area contributed by atoms with Crippen molar-refractivity contribution in [1.29, 1.82) is 0 Å². The molecule has 6 atom stereocenters. The quantitative estimate of drug-likeness (QED) is 0.198. The predicted molar refractivity (Wildman–Crippen MR) is 178 cm³/mol. The SMILES string of the molecule is COc1cc(Br)cc(C2C3=CCC4C(=O)N(c5ccc(C(C)=O)cc5)C(=O)C4C3CC3C(=O)N(c4ccc(C(C)=O)cc4)C(=O)C32)c1O. The maximum Gasteiger partial charge on any atom is 0.238 e. The average molecular weight is 712 g/mol. The summed E-state index contributed by atoms with van der Waals surface area (Å²) in [6.45, 7) is 2.87. The lowest BCUT2D eigenvalue weighted by atomic mass is 9.57. The molecule has 6 unspecified atom stereocenters. The van der Waals surface area contributed by atoms with E-state index >= 15 is 0 Å². The van der Waals surface area contributed by atoms with Gasteiger partial charge in [0, 0.05) is 27.1 Å². The molecule has 2 saturated heterocycles. The van der Waals surface area contributed by atoms with Crippen molar-refractivity contribution in [2.24, 2.45) is 29.6 Å². The van der Waals surface area contributed by atoms with Crippen molar-refractivity contribution < 1.29 is 38.6 Å². The molecule has 244 valence electrons. The van der Waals surface area contributed by atoms with E-state index < -0.39 is 53.2 Å². The number of rotatable bonds is 6. The summed E-state index contributed by atoms with van der Waals surface area (Å²) in [5, 5.41) is 11.5. The van der Waals surface area contributed by atoms with Crippen LogP contribution in [0, 0.1) is 29.6 Å². The first-order chi connectivity index (χ1) is 22.9. The zero-order valence-corrected chi connectivity index (χ0v) is 27.9. The van der Waals surface area contributed by atoms with Crippen LogP contribution in [-0.4, -0.2) is 47.4 Å². The van der Waals surface area contributed by atoms with Gasteiger partial charge >= 0.3 is 0 Å². The number of phenols is 1. The smallest absolute Gasteiger partial charge is 0.238 e. The van der Waals surface area contributed by atoms with Crippen molar-refractivity contribution in [2.75, 3.05) is 16.9 Å². The molecule has 1 saturated carbocycles. The van der Waals surface area contributed by atoms with Gasteiger partial charge in [0.1, 0.15) is 0 Å². The number of ketones is 2. The molecular weight excluding hydrogens is 680 g/mol. The Morgan fingerprint density at radius 2 is 1.27 bits per heavy atom. The number of benzene rings is 3. The largest absolute Gasteiger partial charge is 0.504 e. The van der Waals surface area contributed by atoms with Crippen LogP contribution in [-0.2, 0) is 19.2 Å². The topological polar surface area (TPSA) is 138 Å². The number of phenolic OH excluding ortho intramolecular Hbond substituents is 1. The van der Waals surface area contributed by atoms with Crippen LogP contribution < -0.4 is 14.5 Å². The number of nitrogens with zero attached hydrogens (tertiary/aromatic N) is 2. The minimum atomic E-state index is -0.906. The summed E-state index contributed by atoms with van der Waals surface area (Å²) >= 11 is 3.49. The first kappa shape index (κ1) is 31.7. The number of ether oxygens (including phenoxy) is 1. The standard InChI is InChI=1S/C37H31BrN2O8/c1-17(41)19-4-8-22(9-5-19)39-34(44)25-13-12-24-26(31(25)36(39)46)16-28-32(30(24)27-14-21(38)15-29(48-3)33(27)43)37(47)40(35(28)45)23-10-6-20(7-11-23)18(2)42/h4-12,14-15,25-26,28,30-32,43H,13,16H2,1-3H3. The van der Waals surface area contributed by atoms with Gasteiger partial charge in [0.25, 0.3) is 0 Å². The van der Waals surface area contributed by atoms with Crippen molar-refractivity contribution in [3.8, 4) is 11.5 Å². The second-order valence-electron chi connectivity index (χ2n) is 12.8. The van der Waals surface area contributed by atoms with Gasteiger partial charge < -0.3 is 9.84 Å². The van der Waals surface area contributed by atoms with Gasteiger partial charge in [0.15, 0.2) is 23.1 Å². The second-order valence-corrected chi connectivity index (χ2v) is 13.7. The Morgan fingerprint density at radius 3 is 1.79 bits per heavy atom. The van der Waals surface area contributed by atoms with Crippen LogP contribution in [0.15, 0.2) is 76.8 Å². The highest BCUT2D eigenvalue weighted by Gasteiger charge is 2.62. The Bertz CT molecular complexity index is 1970. The Balaban J connectivity index is 1.33. The van der Waals surface area contributed by atoms with E-state index in [2.05, 4.69) is 15.9 Å². The molecule has 0 spiro atoms. The van der Waals surface area contributed by atoms with Crippen LogP contribution in [0.2, 0.25) is 0 Å². The van der Waals surface area contributed by atoms with Crippen LogP contribution in [0.3, 0.4) is 0 Å². The number of hydrogen-bond donors (Lipinski definition) is 1. The molecule has 48 heavy (non-hydrogen) atoms. The van der Waals surface area contributed by atoms with Crippen LogP contribution in [0.1, 0.15) is 58.9 Å². The number of methoxy groups -OCH3 is 1. The molecule has 4 amide bonds. The van der Waals surface area contributed by atoms with Crippen molar-refractivity contribution in [2.45, 2.75) is 32.6 Å². The van der Waals surface area contributed by atoms with Crippen LogP contribution in [0.5, 0.6) is 11.5 Å². The van der Waals surface area contributed by atoms with Crippen LogP contribution in [0.25, 0.3) is 0 Å². The van der Waals surface area contributed by atoms with Crippen molar-refractivity contribution >= 4 is 62.5 Å². The number of carbonyl (C=O) groups is 6. The molecule has 0 radical (unpaired) electrons. The van der Waals surface area contributed by atoms with E-state index in [0.717, 1.165) is 10.5 Å². The van der Waals surface area contributed by atoms with Crippen molar-refractivity contribution in [3.63, 3.8) is 0 Å². The number of imide groups is 2. The predicted octanol–water partition coefficient (Wildman–Crippen LogP) is 5.61. The summed E-state index contributed by atoms with van der Waals surface area (Å²) in [5.74, 6) is -6.57. The highest BCUT2D eigenvalue weighted by atomic mass is 79.9. The average Bonchev–Trinajstić information content (AvgIpc) is 3.48. The maximum absolute atomic E-state index is 14.4. The van der Waals surface area contributed by atoms with E-state index in [1.165, 1.54) is 25.9 Å². The Morgan fingerprint density at radius 1 is 0.750 bits per heavy atom. The zero-order valence-electron chi connectivity index (χ0n) is 26.3. The van der Waals surface area contributed by atoms with Gasteiger partial charge in [-0.3, -0.25) is 38.6 Å². The van der Waals surface area contributed by atoms with E-state index in [1.807, 2.05) is 6.08 Å². The third kappa shape index (κ3) is 4.74. The van der Waals surface area contributed by atoms with E-state index in [0.29, 0.717) is 32.5 Å². The summed E-state index contributed by atoms with van der Waals surface area (Å²) in [6.07, 6.45) is 2.29. The number of aromatic hydroxyl groups is 1. The van der Waals surface area contributed by atoms with Crippen LogP contribution >= 0.6 is 15.9 Å². The monoisotopic (exact) mass is 710 g/mol. The summed E-state index contributed by atoms with van der Waals surface area (Å²) < 4.78 is 6.03.